The summed E-state index contributed by atoms with van der Waals surface area (Å²) in [6.07, 6.45) is 2.09. The van der Waals surface area contributed by atoms with Gasteiger partial charge in [-0.3, -0.25) is 4.79 Å². The number of aromatic nitrogens is 2. The number of aryl methyl sites for hydroxylation is 1. The summed E-state index contributed by atoms with van der Waals surface area (Å²) in [5.74, 6) is 0.347. The topological polar surface area (TPSA) is 92.3 Å². The minimum Gasteiger partial charge on any atom is -0.337 e. The minimum atomic E-state index is -3.01. The Morgan fingerprint density at radius 1 is 1.30 bits per heavy atom. The fourth-order valence-corrected chi connectivity index (χ4v) is 5.00. The molecule has 8 heteroatoms. The lowest BCUT2D eigenvalue weighted by Crippen LogP contribution is -2.37. The number of nitrogens with one attached hydrogen (secondary N) is 1. The number of hydrogen-bond donors (Lipinski definition) is 1. The summed E-state index contributed by atoms with van der Waals surface area (Å²) in [4.78, 5) is 23.2. The zero-order chi connectivity index (χ0) is 19.6. The van der Waals surface area contributed by atoms with Crippen LogP contribution in [0.1, 0.15) is 35.0 Å². The number of sulfone groups is 1. The summed E-state index contributed by atoms with van der Waals surface area (Å²) >= 11 is 0. The monoisotopic (exact) mass is 388 g/mol. The van der Waals surface area contributed by atoms with E-state index in [-0.39, 0.29) is 29.1 Å². The predicted molar refractivity (Wildman–Crippen MR) is 106 cm³/mol. The third-order valence-corrected chi connectivity index (χ3v) is 6.73. The van der Waals surface area contributed by atoms with Crippen LogP contribution < -0.4 is 10.2 Å². The van der Waals surface area contributed by atoms with Gasteiger partial charge in [0.2, 0.25) is 5.95 Å². The first-order chi connectivity index (χ1) is 12.8. The smallest absolute Gasteiger partial charge is 0.274 e. The molecule has 3 rings (SSSR count). The molecule has 2 aromatic rings. The summed E-state index contributed by atoms with van der Waals surface area (Å²) in [5.41, 5.74) is 3.09. The molecule has 0 spiro atoms. The Labute approximate surface area is 159 Å². The van der Waals surface area contributed by atoms with Gasteiger partial charge in [-0.2, -0.15) is 0 Å². The maximum absolute atomic E-state index is 12.6. The van der Waals surface area contributed by atoms with Crippen LogP contribution in [0.15, 0.2) is 30.5 Å². The third-order valence-electron chi connectivity index (χ3n) is 4.98. The largest absolute Gasteiger partial charge is 0.337 e. The van der Waals surface area contributed by atoms with E-state index < -0.39 is 9.84 Å². The van der Waals surface area contributed by atoms with E-state index >= 15 is 0 Å². The zero-order valence-corrected chi connectivity index (χ0v) is 16.6. The van der Waals surface area contributed by atoms with Crippen molar-refractivity contribution in [3.8, 4) is 0 Å². The van der Waals surface area contributed by atoms with Gasteiger partial charge in [-0.25, -0.2) is 18.4 Å². The lowest BCUT2D eigenvalue weighted by Gasteiger charge is -2.26. The number of amides is 1. The number of rotatable bonds is 5. The highest BCUT2D eigenvalue weighted by atomic mass is 32.2. The second-order valence-corrected chi connectivity index (χ2v) is 9.02. The van der Waals surface area contributed by atoms with E-state index in [1.165, 1.54) is 6.20 Å². The molecule has 7 nitrogen and oxygen atoms in total. The van der Waals surface area contributed by atoms with E-state index in [1.807, 2.05) is 43.9 Å². The molecule has 0 radical (unpaired) electrons. The van der Waals surface area contributed by atoms with Crippen molar-refractivity contribution in [1.29, 1.82) is 0 Å². The van der Waals surface area contributed by atoms with E-state index in [0.29, 0.717) is 18.9 Å². The van der Waals surface area contributed by atoms with E-state index in [1.54, 1.807) is 6.07 Å². The third kappa shape index (κ3) is 4.27. The molecule has 1 atom stereocenters. The average molecular weight is 388 g/mol. The fourth-order valence-electron chi connectivity index (χ4n) is 3.27. The molecular weight excluding hydrogens is 364 g/mol. The van der Waals surface area contributed by atoms with Crippen LogP contribution in [0, 0.1) is 13.8 Å². The Morgan fingerprint density at radius 2 is 2.07 bits per heavy atom. The lowest BCUT2D eigenvalue weighted by atomic mass is 10.1. The van der Waals surface area contributed by atoms with Gasteiger partial charge in [0.25, 0.3) is 5.91 Å². The van der Waals surface area contributed by atoms with Crippen molar-refractivity contribution in [3.05, 3.63) is 47.3 Å². The average Bonchev–Trinajstić information content (AvgIpc) is 2.99. The molecule has 1 amide bonds. The highest BCUT2D eigenvalue weighted by Gasteiger charge is 2.33. The summed E-state index contributed by atoms with van der Waals surface area (Å²) in [5, 5.41) is 2.89. The van der Waals surface area contributed by atoms with Crippen LogP contribution in [-0.4, -0.2) is 48.4 Å². The SMILES string of the molecule is CCN(c1nccc(C(=O)Nc2cccc(C)c2C)n1)C1CCS(=O)(=O)C1. The molecule has 1 aliphatic heterocycles. The Morgan fingerprint density at radius 3 is 2.74 bits per heavy atom. The van der Waals surface area contributed by atoms with Gasteiger partial charge in [-0.1, -0.05) is 12.1 Å². The van der Waals surface area contributed by atoms with Crippen LogP contribution in [0.2, 0.25) is 0 Å². The number of benzene rings is 1. The van der Waals surface area contributed by atoms with Gasteiger partial charge >= 0.3 is 0 Å². The van der Waals surface area contributed by atoms with Crippen LogP contribution in [0.5, 0.6) is 0 Å². The van der Waals surface area contributed by atoms with Gasteiger partial charge in [0.15, 0.2) is 9.84 Å². The molecule has 1 fully saturated rings. The molecule has 1 aromatic heterocycles. The van der Waals surface area contributed by atoms with E-state index in [9.17, 15) is 13.2 Å². The van der Waals surface area contributed by atoms with Crippen molar-refractivity contribution in [2.75, 3.05) is 28.3 Å². The van der Waals surface area contributed by atoms with Gasteiger partial charge in [0.05, 0.1) is 11.5 Å². The van der Waals surface area contributed by atoms with Gasteiger partial charge in [-0.05, 0) is 50.5 Å². The van der Waals surface area contributed by atoms with Crippen molar-refractivity contribution in [1.82, 2.24) is 9.97 Å². The Hall–Kier alpha value is -2.48. The molecule has 1 N–H and O–H groups in total. The van der Waals surface area contributed by atoms with Crippen LogP contribution in [0.25, 0.3) is 0 Å². The minimum absolute atomic E-state index is 0.100. The van der Waals surface area contributed by atoms with E-state index in [4.69, 9.17) is 0 Å². The molecule has 0 aliphatic carbocycles. The maximum Gasteiger partial charge on any atom is 0.274 e. The van der Waals surface area contributed by atoms with Crippen LogP contribution in [-0.2, 0) is 9.84 Å². The number of carbonyl (C=O) groups is 1. The van der Waals surface area contributed by atoms with Crippen molar-refractivity contribution >= 4 is 27.4 Å². The molecule has 1 aliphatic rings. The molecule has 0 saturated carbocycles. The van der Waals surface area contributed by atoms with Gasteiger partial charge < -0.3 is 10.2 Å². The molecule has 1 aromatic carbocycles. The van der Waals surface area contributed by atoms with Crippen LogP contribution >= 0.6 is 0 Å². The van der Waals surface area contributed by atoms with Crippen molar-refractivity contribution in [3.63, 3.8) is 0 Å². The highest BCUT2D eigenvalue weighted by Crippen LogP contribution is 2.22. The number of carbonyl (C=O) groups excluding carboxylic acids is 1. The Bertz CT molecular complexity index is 959. The van der Waals surface area contributed by atoms with Crippen molar-refractivity contribution in [2.45, 2.75) is 33.2 Å². The molecule has 0 bridgehead atoms. The summed E-state index contributed by atoms with van der Waals surface area (Å²) < 4.78 is 23.6. The first-order valence-corrected chi connectivity index (χ1v) is 10.8. The zero-order valence-electron chi connectivity index (χ0n) is 15.8. The first kappa shape index (κ1) is 19.3. The Balaban J connectivity index is 1.82. The maximum atomic E-state index is 12.6. The van der Waals surface area contributed by atoms with Gasteiger partial charge in [0, 0.05) is 24.5 Å². The van der Waals surface area contributed by atoms with Gasteiger partial charge in [-0.15, -0.1) is 0 Å². The molecule has 1 unspecified atom stereocenters. The highest BCUT2D eigenvalue weighted by molar-refractivity contribution is 7.91. The second kappa shape index (κ2) is 7.64. The summed E-state index contributed by atoms with van der Waals surface area (Å²) in [6, 6.07) is 7.13. The van der Waals surface area contributed by atoms with Crippen LogP contribution in [0.4, 0.5) is 11.6 Å². The van der Waals surface area contributed by atoms with Gasteiger partial charge in [0.1, 0.15) is 5.69 Å². The standard InChI is InChI=1S/C19H24N4O3S/c1-4-23(15-9-11-27(25,26)12-15)19-20-10-8-17(22-19)18(24)21-16-7-5-6-13(2)14(16)3/h5-8,10,15H,4,9,11-12H2,1-3H3,(H,21,24). The summed E-state index contributed by atoms with van der Waals surface area (Å²) in [6.45, 7) is 6.44. The first-order valence-electron chi connectivity index (χ1n) is 8.98. The molecule has 2 heterocycles. The predicted octanol–water partition coefficient (Wildman–Crippen LogP) is 2.36. The summed E-state index contributed by atoms with van der Waals surface area (Å²) in [7, 11) is -3.01. The molecule has 144 valence electrons. The molecule has 27 heavy (non-hydrogen) atoms. The quantitative estimate of drug-likeness (QED) is 0.845. The fraction of sp³-hybridized carbons (Fsp3) is 0.421. The van der Waals surface area contributed by atoms with Crippen molar-refractivity contribution in [2.24, 2.45) is 0 Å². The van der Waals surface area contributed by atoms with Crippen LogP contribution in [0.3, 0.4) is 0 Å². The number of anilines is 2. The Kier molecular flexibility index (Phi) is 5.46. The number of hydrogen-bond acceptors (Lipinski definition) is 6. The molecular formula is C19H24N4O3S. The van der Waals surface area contributed by atoms with Crippen molar-refractivity contribution < 1.29 is 13.2 Å². The van der Waals surface area contributed by atoms with E-state index in [2.05, 4.69) is 15.3 Å². The number of nitrogens with zero attached hydrogens (tertiary/aromatic N) is 3. The van der Waals surface area contributed by atoms with E-state index in [0.717, 1.165) is 16.8 Å². The molecule has 1 saturated heterocycles. The normalized spacial score (nSPS) is 18.3. The second-order valence-electron chi connectivity index (χ2n) is 6.79. The lowest BCUT2D eigenvalue weighted by molar-refractivity contribution is 0.102.